The highest BCUT2D eigenvalue weighted by Gasteiger charge is 2.20. The molecule has 142 valence electrons. The van der Waals surface area contributed by atoms with Crippen LogP contribution in [0.4, 0.5) is 0 Å². The van der Waals surface area contributed by atoms with Crippen LogP contribution in [-0.2, 0) is 6.54 Å². The quantitative estimate of drug-likeness (QED) is 0.503. The molecule has 1 N–H and O–H groups in total. The minimum absolute atomic E-state index is 0.208. The molecule has 1 amide bonds. The lowest BCUT2D eigenvalue weighted by molar-refractivity contribution is 0.0952. The van der Waals surface area contributed by atoms with Crippen LogP contribution in [0.3, 0.4) is 0 Å². The van der Waals surface area contributed by atoms with Gasteiger partial charge < -0.3 is 9.88 Å². The molecule has 0 aliphatic heterocycles. The minimum Gasteiger partial charge on any atom is -0.352 e. The van der Waals surface area contributed by atoms with Crippen molar-refractivity contribution in [2.75, 3.05) is 6.54 Å². The van der Waals surface area contributed by atoms with Gasteiger partial charge in [0.25, 0.3) is 5.91 Å². The number of rotatable bonds is 6. The first-order valence-corrected chi connectivity index (χ1v) is 9.51. The number of benzene rings is 2. The molecule has 7 heteroatoms. The van der Waals surface area contributed by atoms with Crippen molar-refractivity contribution in [3.63, 3.8) is 0 Å². The summed E-state index contributed by atoms with van der Waals surface area (Å²) >= 11 is 6.45. The molecule has 2 aromatic heterocycles. The fourth-order valence-electron chi connectivity index (χ4n) is 3.23. The summed E-state index contributed by atoms with van der Waals surface area (Å²) in [5.41, 5.74) is 3.91. The molecule has 0 aliphatic rings. The van der Waals surface area contributed by atoms with Gasteiger partial charge in [-0.05, 0) is 37.6 Å². The highest BCUT2D eigenvalue weighted by Crippen LogP contribution is 2.23. The van der Waals surface area contributed by atoms with Crippen molar-refractivity contribution >= 4 is 28.5 Å². The Hall–Kier alpha value is -3.12. The zero-order valence-corrected chi connectivity index (χ0v) is 16.2. The summed E-state index contributed by atoms with van der Waals surface area (Å²) in [6, 6.07) is 17.5. The lowest BCUT2D eigenvalue weighted by atomic mass is 10.2. The maximum Gasteiger partial charge on any atom is 0.256 e. The van der Waals surface area contributed by atoms with E-state index >= 15 is 0 Å². The van der Waals surface area contributed by atoms with E-state index in [4.69, 9.17) is 11.6 Å². The van der Waals surface area contributed by atoms with Gasteiger partial charge in [-0.1, -0.05) is 41.9 Å². The van der Waals surface area contributed by atoms with Gasteiger partial charge in [-0.2, -0.15) is 5.10 Å². The number of carbonyl (C=O) groups is 1. The van der Waals surface area contributed by atoms with Crippen LogP contribution in [0.25, 0.3) is 16.7 Å². The van der Waals surface area contributed by atoms with Crippen LogP contribution in [0.5, 0.6) is 0 Å². The van der Waals surface area contributed by atoms with Crippen molar-refractivity contribution in [3.8, 4) is 5.69 Å². The molecule has 28 heavy (non-hydrogen) atoms. The fourth-order valence-corrected chi connectivity index (χ4v) is 3.58. The molecule has 2 heterocycles. The Morgan fingerprint density at radius 3 is 2.68 bits per heavy atom. The van der Waals surface area contributed by atoms with Gasteiger partial charge in [0.15, 0.2) is 0 Å². The van der Waals surface area contributed by atoms with Crippen LogP contribution < -0.4 is 5.32 Å². The minimum atomic E-state index is -0.208. The van der Waals surface area contributed by atoms with E-state index in [0.717, 1.165) is 29.7 Å². The van der Waals surface area contributed by atoms with Crippen molar-refractivity contribution in [1.29, 1.82) is 0 Å². The highest BCUT2D eigenvalue weighted by molar-refractivity contribution is 6.33. The second-order valence-corrected chi connectivity index (χ2v) is 6.89. The van der Waals surface area contributed by atoms with Gasteiger partial charge in [-0.3, -0.25) is 4.79 Å². The number of aromatic nitrogens is 4. The van der Waals surface area contributed by atoms with E-state index < -0.39 is 0 Å². The Labute approximate surface area is 167 Å². The van der Waals surface area contributed by atoms with Crippen molar-refractivity contribution in [1.82, 2.24) is 24.6 Å². The average Bonchev–Trinajstić information content (AvgIpc) is 3.26. The number of nitrogens with one attached hydrogen (secondary N) is 1. The Kier molecular flexibility index (Phi) is 5.12. The van der Waals surface area contributed by atoms with Gasteiger partial charge in [-0.15, -0.1) is 0 Å². The summed E-state index contributed by atoms with van der Waals surface area (Å²) in [7, 11) is 0. The van der Waals surface area contributed by atoms with Crippen LogP contribution in [0.2, 0.25) is 5.15 Å². The second kappa shape index (κ2) is 7.86. The molecule has 2 aromatic carbocycles. The Balaban J connectivity index is 1.40. The number of hydrogen-bond acceptors (Lipinski definition) is 3. The third kappa shape index (κ3) is 3.51. The SMILES string of the molecule is Cc1nn(-c2ccccc2)c(Cl)c1C(=O)NCCCn1cnc2ccccc21. The standard InChI is InChI=1S/C21H20ClN5O/c1-15-19(20(22)27(25-15)16-8-3-2-4-9-16)21(28)23-12-7-13-26-14-24-17-10-5-6-11-18(17)26/h2-6,8-11,14H,7,12-13H2,1H3,(H,23,28). The van der Waals surface area contributed by atoms with Crippen molar-refractivity contribution < 1.29 is 4.79 Å². The first kappa shape index (κ1) is 18.3. The Morgan fingerprint density at radius 1 is 1.11 bits per heavy atom. The topological polar surface area (TPSA) is 64.7 Å². The maximum absolute atomic E-state index is 12.6. The van der Waals surface area contributed by atoms with Crippen molar-refractivity contribution in [3.05, 3.63) is 77.3 Å². The average molecular weight is 394 g/mol. The largest absolute Gasteiger partial charge is 0.352 e. The van der Waals surface area contributed by atoms with Crippen LogP contribution in [0.15, 0.2) is 60.9 Å². The number of carbonyl (C=O) groups excluding carboxylic acids is 1. The van der Waals surface area contributed by atoms with Gasteiger partial charge in [-0.25, -0.2) is 9.67 Å². The first-order valence-electron chi connectivity index (χ1n) is 9.14. The van der Waals surface area contributed by atoms with E-state index in [1.165, 1.54) is 0 Å². The molecular weight excluding hydrogens is 374 g/mol. The van der Waals surface area contributed by atoms with E-state index in [9.17, 15) is 4.79 Å². The molecule has 0 atom stereocenters. The summed E-state index contributed by atoms with van der Waals surface area (Å²) in [6.45, 7) is 3.10. The Morgan fingerprint density at radius 2 is 1.86 bits per heavy atom. The molecule has 0 saturated heterocycles. The van der Waals surface area contributed by atoms with Crippen molar-refractivity contribution in [2.24, 2.45) is 0 Å². The van der Waals surface area contributed by atoms with Gasteiger partial charge in [0.05, 0.1) is 34.3 Å². The predicted octanol–water partition coefficient (Wildman–Crippen LogP) is 4.00. The predicted molar refractivity (Wildman–Crippen MR) is 110 cm³/mol. The van der Waals surface area contributed by atoms with Crippen LogP contribution in [0.1, 0.15) is 22.5 Å². The monoisotopic (exact) mass is 393 g/mol. The summed E-state index contributed by atoms with van der Waals surface area (Å²) in [4.78, 5) is 17.0. The molecule has 4 rings (SSSR count). The zero-order chi connectivity index (χ0) is 19.5. The fraction of sp³-hybridized carbons (Fsp3) is 0.190. The van der Waals surface area contributed by atoms with Gasteiger partial charge >= 0.3 is 0 Å². The number of halogens is 1. The van der Waals surface area contributed by atoms with Gasteiger partial charge in [0.2, 0.25) is 0 Å². The lowest BCUT2D eigenvalue weighted by Gasteiger charge is -2.07. The summed E-state index contributed by atoms with van der Waals surface area (Å²) in [5.74, 6) is -0.208. The molecule has 4 aromatic rings. The number of aryl methyl sites for hydroxylation is 2. The van der Waals surface area contributed by atoms with Gasteiger partial charge in [0, 0.05) is 13.1 Å². The molecule has 6 nitrogen and oxygen atoms in total. The molecule has 0 bridgehead atoms. The molecule has 0 spiro atoms. The van der Waals surface area contributed by atoms with Crippen LogP contribution in [-0.4, -0.2) is 31.8 Å². The van der Waals surface area contributed by atoms with E-state index in [2.05, 4.69) is 20.0 Å². The van der Waals surface area contributed by atoms with Crippen LogP contribution >= 0.6 is 11.6 Å². The highest BCUT2D eigenvalue weighted by atomic mass is 35.5. The van der Waals surface area contributed by atoms with Crippen LogP contribution in [0, 0.1) is 6.92 Å². The number of para-hydroxylation sites is 3. The van der Waals surface area contributed by atoms with E-state index in [1.54, 1.807) is 11.6 Å². The van der Waals surface area contributed by atoms with E-state index in [1.807, 2.05) is 60.9 Å². The normalized spacial score (nSPS) is 11.1. The summed E-state index contributed by atoms with van der Waals surface area (Å²) < 4.78 is 3.68. The number of nitrogens with zero attached hydrogens (tertiary/aromatic N) is 4. The third-order valence-corrected chi connectivity index (χ3v) is 4.97. The number of amides is 1. The summed E-state index contributed by atoms with van der Waals surface area (Å²) in [5, 5.41) is 7.68. The van der Waals surface area contributed by atoms with E-state index in [0.29, 0.717) is 23.0 Å². The smallest absolute Gasteiger partial charge is 0.256 e. The van der Waals surface area contributed by atoms with Crippen molar-refractivity contribution in [2.45, 2.75) is 19.9 Å². The zero-order valence-electron chi connectivity index (χ0n) is 15.5. The number of fused-ring (bicyclic) bond motifs is 1. The Bertz CT molecular complexity index is 1120. The molecular formula is C21H20ClN5O. The molecule has 0 aliphatic carbocycles. The molecule has 0 radical (unpaired) electrons. The molecule has 0 unspecified atom stereocenters. The second-order valence-electron chi connectivity index (χ2n) is 6.53. The first-order chi connectivity index (χ1) is 13.6. The number of imidazole rings is 1. The molecule has 0 saturated carbocycles. The van der Waals surface area contributed by atoms with Gasteiger partial charge in [0.1, 0.15) is 5.15 Å². The third-order valence-electron chi connectivity index (χ3n) is 4.62. The van der Waals surface area contributed by atoms with E-state index in [-0.39, 0.29) is 5.91 Å². The molecule has 0 fully saturated rings. The summed E-state index contributed by atoms with van der Waals surface area (Å²) in [6.07, 6.45) is 2.62. The number of hydrogen-bond donors (Lipinski definition) is 1. The lowest BCUT2D eigenvalue weighted by Crippen LogP contribution is -2.25. The maximum atomic E-state index is 12.6.